The van der Waals surface area contributed by atoms with Gasteiger partial charge in [0.25, 0.3) is 0 Å². The summed E-state index contributed by atoms with van der Waals surface area (Å²) in [6.07, 6.45) is 3.15. The lowest BCUT2D eigenvalue weighted by molar-refractivity contribution is -0.136. The summed E-state index contributed by atoms with van der Waals surface area (Å²) < 4.78 is 26.4. The first-order valence-corrected chi connectivity index (χ1v) is 38.4. The molecule has 0 aliphatic rings. The molecule has 572 valence electrons. The summed E-state index contributed by atoms with van der Waals surface area (Å²) in [7, 11) is 8.05. The van der Waals surface area contributed by atoms with Crippen molar-refractivity contribution in [2.24, 2.45) is 0 Å². The highest BCUT2D eigenvalue weighted by Crippen LogP contribution is 2.38. The lowest BCUT2D eigenvalue weighted by Crippen LogP contribution is -2.06. The van der Waals surface area contributed by atoms with Crippen LogP contribution in [0.1, 0.15) is 109 Å². The van der Waals surface area contributed by atoms with Crippen LogP contribution in [0.4, 0.5) is 46.0 Å². The first-order chi connectivity index (χ1) is 53.4. The molecule has 29 heteroatoms. The molecular formula is C82H82N12O13S4. The highest BCUT2D eigenvalue weighted by atomic mass is 32.1. The van der Waals surface area contributed by atoms with Gasteiger partial charge in [0.15, 0.2) is 43.6 Å². The SMILES string of the molecule is CCc1c(C)nc(-c2csc(OC)c2)nc1Nc1ccc(C(=O)O)cc1.CCc1c(C)nc(-c2csc(OC)c2)nc1Nc1ccc(C(=O)O)cc1OC.CCc1c(C)nc(-c2csc(OC)c2)nc1Nc1ccc(CC(=O)O)cc1.CCc1c(C)nc(-c2csc(OC)c2)nc1Nc1ccc2cc(C(=O)O)ccc2c1. The molecule has 0 spiro atoms. The normalized spacial score (nSPS) is 10.7. The zero-order chi connectivity index (χ0) is 79.6. The Balaban J connectivity index is 0.000000157. The Hall–Kier alpha value is -12.4. The van der Waals surface area contributed by atoms with Gasteiger partial charge in [-0.3, -0.25) is 4.79 Å². The molecule has 13 rings (SSSR count). The van der Waals surface area contributed by atoms with Crippen LogP contribution in [0.5, 0.6) is 26.0 Å². The van der Waals surface area contributed by atoms with Crippen molar-refractivity contribution < 1.29 is 63.3 Å². The number of nitrogens with one attached hydrogen (secondary N) is 4. The van der Waals surface area contributed by atoms with Crippen molar-refractivity contribution in [2.75, 3.05) is 56.8 Å². The minimum absolute atomic E-state index is 0.0112. The third-order valence-electron chi connectivity index (χ3n) is 17.4. The lowest BCUT2D eigenvalue weighted by Gasteiger charge is -2.16. The van der Waals surface area contributed by atoms with Gasteiger partial charge in [0.1, 0.15) is 29.0 Å². The third kappa shape index (κ3) is 20.5. The maximum atomic E-state index is 11.2. The van der Waals surface area contributed by atoms with Crippen molar-refractivity contribution in [3.8, 4) is 71.6 Å². The van der Waals surface area contributed by atoms with Crippen LogP contribution in [0.25, 0.3) is 56.3 Å². The van der Waals surface area contributed by atoms with Crippen LogP contribution in [-0.4, -0.2) is 120 Å². The maximum absolute atomic E-state index is 11.2. The van der Waals surface area contributed by atoms with Crippen molar-refractivity contribution in [3.05, 3.63) is 216 Å². The Morgan fingerprint density at radius 2 is 0.667 bits per heavy atom. The molecule has 0 atom stereocenters. The highest BCUT2D eigenvalue weighted by Gasteiger charge is 2.21. The van der Waals surface area contributed by atoms with E-state index in [9.17, 15) is 29.4 Å². The zero-order valence-electron chi connectivity index (χ0n) is 63.1. The van der Waals surface area contributed by atoms with Gasteiger partial charge >= 0.3 is 23.9 Å². The van der Waals surface area contributed by atoms with Gasteiger partial charge in [-0.2, -0.15) is 0 Å². The van der Waals surface area contributed by atoms with E-state index in [0.717, 1.165) is 164 Å². The number of aromatic carboxylic acids is 3. The molecule has 0 saturated heterocycles. The zero-order valence-corrected chi connectivity index (χ0v) is 66.4. The quantitative estimate of drug-likeness (QED) is 0.0250. The molecule has 8 N–H and O–H groups in total. The molecule has 8 aromatic heterocycles. The van der Waals surface area contributed by atoms with Crippen LogP contribution >= 0.6 is 45.3 Å². The summed E-state index contributed by atoms with van der Waals surface area (Å²) in [4.78, 5) is 81.7. The van der Waals surface area contributed by atoms with Crippen molar-refractivity contribution in [1.82, 2.24) is 39.9 Å². The molecule has 0 unspecified atom stereocenters. The second-order valence-electron chi connectivity index (χ2n) is 24.6. The van der Waals surface area contributed by atoms with Gasteiger partial charge in [-0.1, -0.05) is 52.0 Å². The van der Waals surface area contributed by atoms with Gasteiger partial charge in [-0.25, -0.2) is 54.3 Å². The molecule has 13 aromatic rings. The fourth-order valence-corrected chi connectivity index (χ4v) is 14.5. The van der Waals surface area contributed by atoms with E-state index >= 15 is 0 Å². The van der Waals surface area contributed by atoms with Gasteiger partial charge in [-0.05, 0) is 149 Å². The van der Waals surface area contributed by atoms with Crippen molar-refractivity contribution in [3.63, 3.8) is 0 Å². The average Bonchev–Trinajstić information content (AvgIpc) is 1.80. The smallest absolute Gasteiger partial charge is 0.335 e. The number of fused-ring (bicyclic) bond motifs is 1. The number of carbonyl (C=O) groups is 4. The summed E-state index contributed by atoms with van der Waals surface area (Å²) in [5.41, 5.74) is 16.0. The summed E-state index contributed by atoms with van der Waals surface area (Å²) in [5, 5.41) is 62.6. The van der Waals surface area contributed by atoms with Crippen LogP contribution in [0.3, 0.4) is 0 Å². The van der Waals surface area contributed by atoms with E-state index in [1.165, 1.54) is 64.6 Å². The molecule has 0 fully saturated rings. The molecular weight excluding hydrogens is 1490 g/mol. The van der Waals surface area contributed by atoms with E-state index in [1.807, 2.05) is 117 Å². The Morgan fingerprint density at radius 1 is 0.351 bits per heavy atom. The number of aliphatic carboxylic acids is 1. The van der Waals surface area contributed by atoms with Crippen LogP contribution in [0, 0.1) is 27.7 Å². The average molecular weight is 1570 g/mol. The number of anilines is 8. The molecule has 111 heavy (non-hydrogen) atoms. The van der Waals surface area contributed by atoms with Gasteiger partial charge in [-0.15, -0.1) is 45.3 Å². The monoisotopic (exact) mass is 1570 g/mol. The topological polar surface area (TPSA) is 347 Å². The molecule has 0 bridgehead atoms. The van der Waals surface area contributed by atoms with Crippen LogP contribution in [-0.2, 0) is 36.9 Å². The number of thiophene rings is 4. The fourth-order valence-electron chi connectivity index (χ4n) is 11.7. The maximum Gasteiger partial charge on any atom is 0.335 e. The molecule has 25 nitrogen and oxygen atoms in total. The highest BCUT2D eigenvalue weighted by molar-refractivity contribution is 7.13. The number of hydrogen-bond donors (Lipinski definition) is 8. The molecule has 0 aliphatic carbocycles. The van der Waals surface area contributed by atoms with E-state index in [0.29, 0.717) is 40.6 Å². The number of carboxylic acid groups (broad SMARTS) is 4. The molecule has 0 saturated carbocycles. The second kappa shape index (κ2) is 37.6. The van der Waals surface area contributed by atoms with Crippen LogP contribution < -0.4 is 45.0 Å². The largest absolute Gasteiger partial charge is 0.495 e. The van der Waals surface area contributed by atoms with E-state index in [4.69, 9.17) is 48.8 Å². The second-order valence-corrected chi connectivity index (χ2v) is 28.1. The van der Waals surface area contributed by atoms with Gasteiger partial charge in [0.2, 0.25) is 0 Å². The lowest BCUT2D eigenvalue weighted by atomic mass is 10.1. The Bertz CT molecular complexity index is 5490. The van der Waals surface area contributed by atoms with E-state index < -0.39 is 23.9 Å². The number of hydrogen-bond acceptors (Lipinski definition) is 25. The molecule has 0 aliphatic heterocycles. The number of aromatic nitrogens is 8. The number of methoxy groups -OCH3 is 5. The molecule has 8 heterocycles. The minimum Gasteiger partial charge on any atom is -0.495 e. The fraction of sp³-hybridized carbons (Fsp3) is 0.220. The van der Waals surface area contributed by atoms with Gasteiger partial charge in [0.05, 0.1) is 64.3 Å². The summed E-state index contributed by atoms with van der Waals surface area (Å²) in [5.74, 6) is 2.14. The van der Waals surface area contributed by atoms with Crippen LogP contribution in [0.2, 0.25) is 0 Å². The Morgan fingerprint density at radius 3 is 1.01 bits per heavy atom. The van der Waals surface area contributed by atoms with Crippen molar-refractivity contribution in [1.29, 1.82) is 0 Å². The first kappa shape index (κ1) is 81.1. The summed E-state index contributed by atoms with van der Waals surface area (Å²) in [6.45, 7) is 16.1. The molecule has 0 radical (unpaired) electrons. The Labute approximate surface area is 657 Å². The number of benzene rings is 5. The third-order valence-corrected chi connectivity index (χ3v) is 21.0. The van der Waals surface area contributed by atoms with E-state index in [-0.39, 0.29) is 23.1 Å². The number of rotatable bonds is 26. The predicted molar refractivity (Wildman–Crippen MR) is 439 cm³/mol. The predicted octanol–water partition coefficient (Wildman–Crippen LogP) is 19.2. The standard InChI is InChI=1S/C23H21N3O3S.C20H21N3O4S.C20H21N3O3S.C19H19N3O3S/c1-4-19-13(2)24-21(17-11-20(29-3)30-12-17)26-22(19)25-18-8-7-14-9-16(23(27)28)6-5-15(14)10-18;1-5-14-11(2)21-18(13-9-17(27-4)28-10-13)23-19(14)22-15-7-6-12(20(24)25)8-16(15)26-3;1-4-16-12(2)21-19(14-10-18(26-3)27-11-14)23-20(16)22-15-7-5-13(6-8-15)9-17(24)25;1-4-15-11(2)20-17(13-9-16(25-3)26-10-13)22-18(15)21-14-7-5-12(6-8-14)19(23)24/h5-12H,4H2,1-3H3,(H,27,28)(H,24,25,26);6-10H,5H2,1-4H3,(H,24,25)(H,21,22,23);5-8,10-11H,4,9H2,1-3H3,(H,24,25)(H,21,22,23);5-10H,4H2,1-3H3,(H,23,24)(H,20,21,22). The van der Waals surface area contributed by atoms with Gasteiger partial charge in [0, 0.05) is 130 Å². The van der Waals surface area contributed by atoms with Crippen molar-refractivity contribution in [2.45, 2.75) is 87.5 Å². The molecule has 5 aromatic carbocycles. The number of carboxylic acids is 4. The number of aryl methyl sites for hydroxylation is 4. The first-order valence-electron chi connectivity index (χ1n) is 34.9. The number of nitrogens with zero attached hydrogens (tertiary/aromatic N) is 8. The Kier molecular flexibility index (Phi) is 27.5. The van der Waals surface area contributed by atoms with E-state index in [1.54, 1.807) is 83.0 Å². The number of ether oxygens (including phenoxy) is 5. The van der Waals surface area contributed by atoms with Crippen molar-refractivity contribution >= 4 is 126 Å². The van der Waals surface area contributed by atoms with E-state index in [2.05, 4.69) is 67.0 Å². The molecule has 0 amide bonds. The van der Waals surface area contributed by atoms with Gasteiger partial charge < -0.3 is 65.4 Å². The summed E-state index contributed by atoms with van der Waals surface area (Å²) in [6, 6.07) is 37.2. The summed E-state index contributed by atoms with van der Waals surface area (Å²) >= 11 is 5.99. The van der Waals surface area contributed by atoms with Crippen LogP contribution in [0.15, 0.2) is 149 Å². The minimum atomic E-state index is -1.01.